The van der Waals surface area contributed by atoms with Gasteiger partial charge in [-0.1, -0.05) is 11.8 Å². The number of nitriles is 1. The number of rotatable bonds is 3. The van der Waals surface area contributed by atoms with E-state index in [2.05, 4.69) is 20.3 Å². The SMILES string of the molecule is C[C@@]1(c2cc(NC(=O)c3ccc(C#N)cn3)ccn2)CCSC(N)=N1. The molecule has 1 aliphatic rings. The van der Waals surface area contributed by atoms with Crippen LogP contribution in [0, 0.1) is 11.3 Å². The second-order valence-corrected chi connectivity index (χ2v) is 6.87. The highest BCUT2D eigenvalue weighted by Crippen LogP contribution is 2.34. The first kappa shape index (κ1) is 16.9. The number of aliphatic imine (C=N–C) groups is 1. The molecule has 0 fully saturated rings. The fraction of sp³-hybridized carbons (Fsp3) is 0.235. The minimum atomic E-state index is -0.497. The lowest BCUT2D eigenvalue weighted by molar-refractivity contribution is 0.102. The number of hydrogen-bond acceptors (Lipinski definition) is 7. The largest absolute Gasteiger partial charge is 0.379 e. The van der Waals surface area contributed by atoms with E-state index >= 15 is 0 Å². The number of carbonyl (C=O) groups excluding carboxylic acids is 1. The second-order valence-electron chi connectivity index (χ2n) is 5.75. The molecule has 1 aliphatic heterocycles. The number of nitrogens with one attached hydrogen (secondary N) is 1. The summed E-state index contributed by atoms with van der Waals surface area (Å²) >= 11 is 1.53. The van der Waals surface area contributed by atoms with Gasteiger partial charge in [-0.15, -0.1) is 0 Å². The predicted molar refractivity (Wildman–Crippen MR) is 97.2 cm³/mol. The molecule has 2 aromatic rings. The molecule has 3 heterocycles. The van der Waals surface area contributed by atoms with Gasteiger partial charge in [-0.3, -0.25) is 9.78 Å². The summed E-state index contributed by atoms with van der Waals surface area (Å²) in [6.07, 6.45) is 3.82. The van der Waals surface area contributed by atoms with Crippen molar-refractivity contribution in [1.29, 1.82) is 5.26 Å². The lowest BCUT2D eigenvalue weighted by Crippen LogP contribution is -2.29. The molecule has 1 atom stereocenters. The van der Waals surface area contributed by atoms with Gasteiger partial charge in [0.2, 0.25) is 0 Å². The standard InChI is InChI=1S/C17H16N6OS/c1-17(5-7-25-16(19)23-17)14-8-12(4-6-20-14)22-15(24)13-3-2-11(9-18)10-21-13/h2-4,6,8,10H,5,7H2,1H3,(H2,19,23)(H,20,22,24)/t17-/m0/s1. The Morgan fingerprint density at radius 2 is 2.24 bits per heavy atom. The van der Waals surface area contributed by atoms with Gasteiger partial charge in [0, 0.05) is 23.8 Å². The zero-order valence-corrected chi connectivity index (χ0v) is 14.4. The van der Waals surface area contributed by atoms with Crippen LogP contribution in [0.3, 0.4) is 0 Å². The number of aromatic nitrogens is 2. The Kier molecular flexibility index (Phi) is 4.67. The summed E-state index contributed by atoms with van der Waals surface area (Å²) in [5.74, 6) is 0.521. The first-order valence-electron chi connectivity index (χ1n) is 7.62. The highest BCUT2D eigenvalue weighted by atomic mass is 32.2. The molecule has 3 N–H and O–H groups in total. The molecule has 126 valence electrons. The van der Waals surface area contributed by atoms with Crippen molar-refractivity contribution in [3.63, 3.8) is 0 Å². The van der Waals surface area contributed by atoms with Crippen molar-refractivity contribution in [2.45, 2.75) is 18.9 Å². The lowest BCUT2D eigenvalue weighted by Gasteiger charge is -2.28. The summed E-state index contributed by atoms with van der Waals surface area (Å²) in [5.41, 5.74) is 7.35. The molecule has 7 nitrogen and oxygen atoms in total. The van der Waals surface area contributed by atoms with Crippen molar-refractivity contribution in [2.24, 2.45) is 10.7 Å². The van der Waals surface area contributed by atoms with Crippen LogP contribution in [0.4, 0.5) is 5.69 Å². The minimum Gasteiger partial charge on any atom is -0.379 e. The van der Waals surface area contributed by atoms with E-state index in [9.17, 15) is 4.79 Å². The van der Waals surface area contributed by atoms with Crippen LogP contribution in [-0.2, 0) is 5.54 Å². The summed E-state index contributed by atoms with van der Waals surface area (Å²) in [5, 5.41) is 12.1. The maximum absolute atomic E-state index is 12.3. The number of pyridine rings is 2. The van der Waals surface area contributed by atoms with Crippen molar-refractivity contribution in [3.05, 3.63) is 53.6 Å². The Bertz CT molecular complexity index is 873. The highest BCUT2D eigenvalue weighted by Gasteiger charge is 2.31. The van der Waals surface area contributed by atoms with Crippen LogP contribution in [0.15, 0.2) is 41.7 Å². The van der Waals surface area contributed by atoms with E-state index in [0.717, 1.165) is 17.9 Å². The van der Waals surface area contributed by atoms with Gasteiger partial charge in [-0.25, -0.2) is 9.98 Å². The zero-order chi connectivity index (χ0) is 17.9. The van der Waals surface area contributed by atoms with Crippen LogP contribution in [0.2, 0.25) is 0 Å². The van der Waals surface area contributed by atoms with Crippen LogP contribution in [0.1, 0.15) is 35.1 Å². The molecule has 0 unspecified atom stereocenters. The topological polar surface area (TPSA) is 117 Å². The molecule has 0 aromatic carbocycles. The fourth-order valence-electron chi connectivity index (χ4n) is 2.46. The molecule has 0 saturated carbocycles. The molecular formula is C17H16N6OS. The van der Waals surface area contributed by atoms with Gasteiger partial charge in [-0.2, -0.15) is 5.26 Å². The number of hydrogen-bond donors (Lipinski definition) is 2. The molecule has 0 aliphatic carbocycles. The van der Waals surface area contributed by atoms with Gasteiger partial charge in [0.1, 0.15) is 17.3 Å². The van der Waals surface area contributed by atoms with Crippen LogP contribution in [-0.4, -0.2) is 26.8 Å². The highest BCUT2D eigenvalue weighted by molar-refractivity contribution is 8.13. The molecular weight excluding hydrogens is 336 g/mol. The normalized spacial score (nSPS) is 19.6. The van der Waals surface area contributed by atoms with E-state index in [-0.39, 0.29) is 11.6 Å². The second kappa shape index (κ2) is 6.91. The first-order chi connectivity index (χ1) is 12.0. The van der Waals surface area contributed by atoms with Crippen LogP contribution < -0.4 is 11.1 Å². The van der Waals surface area contributed by atoms with Crippen LogP contribution >= 0.6 is 11.8 Å². The third kappa shape index (κ3) is 3.78. The Balaban J connectivity index is 1.81. The predicted octanol–water partition coefficient (Wildman–Crippen LogP) is 2.27. The number of thioether (sulfide) groups is 1. The van der Waals surface area contributed by atoms with Crippen LogP contribution in [0.5, 0.6) is 0 Å². The zero-order valence-electron chi connectivity index (χ0n) is 13.6. The molecule has 0 radical (unpaired) electrons. The monoisotopic (exact) mass is 352 g/mol. The Morgan fingerprint density at radius 1 is 1.40 bits per heavy atom. The number of anilines is 1. The Morgan fingerprint density at radius 3 is 2.92 bits per heavy atom. The van der Waals surface area contributed by atoms with Gasteiger partial charge in [0.25, 0.3) is 5.91 Å². The fourth-order valence-corrected chi connectivity index (χ4v) is 3.44. The van der Waals surface area contributed by atoms with Gasteiger partial charge < -0.3 is 11.1 Å². The smallest absolute Gasteiger partial charge is 0.274 e. The molecule has 1 amide bonds. The average Bonchev–Trinajstić information content (AvgIpc) is 2.62. The van der Waals surface area contributed by atoms with Crippen molar-refractivity contribution in [1.82, 2.24) is 9.97 Å². The summed E-state index contributed by atoms with van der Waals surface area (Å²) in [7, 11) is 0. The number of carbonyl (C=O) groups is 1. The quantitative estimate of drug-likeness (QED) is 0.875. The third-order valence-corrected chi connectivity index (χ3v) is 4.69. The van der Waals surface area contributed by atoms with E-state index in [1.54, 1.807) is 24.4 Å². The molecule has 0 bridgehead atoms. The van der Waals surface area contributed by atoms with Gasteiger partial charge in [0.05, 0.1) is 11.3 Å². The molecule has 0 saturated heterocycles. The van der Waals surface area contributed by atoms with Gasteiger partial charge in [-0.05, 0) is 37.6 Å². The first-order valence-corrected chi connectivity index (χ1v) is 8.61. The summed E-state index contributed by atoms with van der Waals surface area (Å²) < 4.78 is 0. The number of amidine groups is 1. The van der Waals surface area contributed by atoms with Crippen molar-refractivity contribution >= 4 is 28.5 Å². The minimum absolute atomic E-state index is 0.236. The number of nitrogens with two attached hydrogens (primary N) is 1. The van der Waals surface area contributed by atoms with E-state index in [4.69, 9.17) is 11.0 Å². The van der Waals surface area contributed by atoms with Gasteiger partial charge in [0.15, 0.2) is 5.17 Å². The Hall–Kier alpha value is -2.92. The Labute approximate surface area is 149 Å². The third-order valence-electron chi connectivity index (χ3n) is 3.89. The van der Waals surface area contributed by atoms with E-state index in [0.29, 0.717) is 16.4 Å². The molecule has 8 heteroatoms. The van der Waals surface area contributed by atoms with Crippen molar-refractivity contribution < 1.29 is 4.79 Å². The van der Waals surface area contributed by atoms with Gasteiger partial charge >= 0.3 is 0 Å². The number of amides is 1. The molecule has 0 spiro atoms. The van der Waals surface area contributed by atoms with E-state index in [1.165, 1.54) is 24.0 Å². The van der Waals surface area contributed by atoms with E-state index < -0.39 is 5.54 Å². The van der Waals surface area contributed by atoms with Crippen molar-refractivity contribution in [3.8, 4) is 6.07 Å². The molecule has 2 aromatic heterocycles. The summed E-state index contributed by atoms with van der Waals surface area (Å²) in [4.78, 5) is 25.2. The maximum Gasteiger partial charge on any atom is 0.274 e. The average molecular weight is 352 g/mol. The molecule has 3 rings (SSSR count). The molecule has 25 heavy (non-hydrogen) atoms. The van der Waals surface area contributed by atoms with Crippen LogP contribution in [0.25, 0.3) is 0 Å². The van der Waals surface area contributed by atoms with Crippen molar-refractivity contribution in [2.75, 3.05) is 11.1 Å². The lowest BCUT2D eigenvalue weighted by atomic mass is 9.94. The summed E-state index contributed by atoms with van der Waals surface area (Å²) in [6, 6.07) is 8.54. The maximum atomic E-state index is 12.3. The summed E-state index contributed by atoms with van der Waals surface area (Å²) in [6.45, 7) is 1.98. The van der Waals surface area contributed by atoms with E-state index in [1.807, 2.05) is 13.0 Å². The number of nitrogens with zero attached hydrogens (tertiary/aromatic N) is 4.